The fourth-order valence-electron chi connectivity index (χ4n) is 3.04. The van der Waals surface area contributed by atoms with Crippen LogP contribution in [0.4, 0.5) is 5.69 Å². The molecule has 3 rings (SSSR count). The van der Waals surface area contributed by atoms with E-state index < -0.39 is 10.0 Å². The summed E-state index contributed by atoms with van der Waals surface area (Å²) in [6, 6.07) is 19.4. The molecule has 0 amide bonds. The van der Waals surface area contributed by atoms with Gasteiger partial charge in [0.1, 0.15) is 11.6 Å². The number of nitrogens with zero attached hydrogens (tertiary/aromatic N) is 2. The van der Waals surface area contributed by atoms with Gasteiger partial charge in [-0.2, -0.15) is 5.26 Å². The number of sulfonamides is 1. The van der Waals surface area contributed by atoms with Crippen LogP contribution in [0.5, 0.6) is 5.88 Å². The summed E-state index contributed by atoms with van der Waals surface area (Å²) >= 11 is 0. The van der Waals surface area contributed by atoms with E-state index in [4.69, 9.17) is 4.74 Å². The second-order valence-electron chi connectivity index (χ2n) is 7.02. The van der Waals surface area contributed by atoms with Gasteiger partial charge >= 0.3 is 0 Å². The van der Waals surface area contributed by atoms with Crippen molar-refractivity contribution in [3.8, 4) is 23.2 Å². The van der Waals surface area contributed by atoms with Crippen molar-refractivity contribution in [1.82, 2.24) is 4.98 Å². The number of nitriles is 1. The topological polar surface area (TPSA) is 92.1 Å². The molecule has 1 aromatic heterocycles. The van der Waals surface area contributed by atoms with E-state index in [1.54, 1.807) is 18.2 Å². The van der Waals surface area contributed by atoms with Crippen LogP contribution in [0.1, 0.15) is 37.8 Å². The second kappa shape index (κ2) is 10.1. The number of benzene rings is 2. The van der Waals surface area contributed by atoms with Crippen LogP contribution >= 0.6 is 0 Å². The van der Waals surface area contributed by atoms with Gasteiger partial charge in [-0.3, -0.25) is 4.72 Å². The molecule has 3 aromatic rings. The standard InChI is InChI=1S/C24H25N3O3S/c1-3-5-14-30-24-20(17-25)16-22(27-31(28,29)21-12-7-6-8-13-21)23(26-24)19-11-9-10-18(4-2)15-19/h6-13,15-16,27H,3-5,14H2,1-2H3. The Kier molecular flexibility index (Phi) is 7.27. The zero-order valence-electron chi connectivity index (χ0n) is 17.6. The number of hydrogen-bond acceptors (Lipinski definition) is 5. The lowest BCUT2D eigenvalue weighted by molar-refractivity contribution is 0.297. The number of unbranched alkanes of at least 4 members (excludes halogenated alkanes) is 1. The minimum atomic E-state index is -3.86. The van der Waals surface area contributed by atoms with E-state index >= 15 is 0 Å². The monoisotopic (exact) mass is 435 g/mol. The number of aryl methyl sites for hydroxylation is 1. The van der Waals surface area contributed by atoms with Crippen LogP contribution < -0.4 is 9.46 Å². The van der Waals surface area contributed by atoms with E-state index in [0.29, 0.717) is 12.3 Å². The highest BCUT2D eigenvalue weighted by molar-refractivity contribution is 7.92. The smallest absolute Gasteiger partial charge is 0.261 e. The molecule has 0 aliphatic heterocycles. The van der Waals surface area contributed by atoms with E-state index in [-0.39, 0.29) is 22.0 Å². The molecular weight excluding hydrogens is 410 g/mol. The fourth-order valence-corrected chi connectivity index (χ4v) is 4.12. The predicted molar refractivity (Wildman–Crippen MR) is 121 cm³/mol. The average molecular weight is 436 g/mol. The Labute approximate surface area is 183 Å². The number of nitrogens with one attached hydrogen (secondary N) is 1. The van der Waals surface area contributed by atoms with Crippen molar-refractivity contribution in [3.05, 3.63) is 71.8 Å². The van der Waals surface area contributed by atoms with Gasteiger partial charge in [0, 0.05) is 5.56 Å². The molecule has 0 bridgehead atoms. The van der Waals surface area contributed by atoms with Crippen molar-refractivity contribution >= 4 is 15.7 Å². The minimum absolute atomic E-state index is 0.130. The Morgan fingerprint density at radius 2 is 1.84 bits per heavy atom. The Morgan fingerprint density at radius 3 is 2.52 bits per heavy atom. The van der Waals surface area contributed by atoms with Gasteiger partial charge in [-0.1, -0.05) is 56.7 Å². The quantitative estimate of drug-likeness (QED) is 0.469. The van der Waals surface area contributed by atoms with Crippen molar-refractivity contribution in [2.45, 2.75) is 38.0 Å². The first-order valence-electron chi connectivity index (χ1n) is 10.2. The first-order chi connectivity index (χ1) is 15.0. The Morgan fingerprint density at radius 1 is 1.06 bits per heavy atom. The van der Waals surface area contributed by atoms with Gasteiger partial charge in [-0.15, -0.1) is 0 Å². The summed E-state index contributed by atoms with van der Waals surface area (Å²) in [6.45, 7) is 4.52. The third kappa shape index (κ3) is 5.41. The van der Waals surface area contributed by atoms with Crippen LogP contribution in [0, 0.1) is 11.3 Å². The lowest BCUT2D eigenvalue weighted by atomic mass is 10.0. The molecule has 7 heteroatoms. The molecule has 31 heavy (non-hydrogen) atoms. The number of aromatic nitrogens is 1. The highest BCUT2D eigenvalue weighted by Gasteiger charge is 2.20. The largest absolute Gasteiger partial charge is 0.477 e. The molecule has 0 aliphatic rings. The molecule has 0 fully saturated rings. The average Bonchev–Trinajstić information content (AvgIpc) is 2.80. The van der Waals surface area contributed by atoms with Crippen LogP contribution in [-0.2, 0) is 16.4 Å². The molecule has 0 unspecified atom stereocenters. The van der Waals surface area contributed by atoms with E-state index in [1.807, 2.05) is 38.1 Å². The number of ether oxygens (including phenoxy) is 1. The zero-order chi connectivity index (χ0) is 22.3. The summed E-state index contributed by atoms with van der Waals surface area (Å²) in [5.74, 6) is 0.204. The van der Waals surface area contributed by atoms with Crippen LogP contribution in [0.3, 0.4) is 0 Å². The normalized spacial score (nSPS) is 11.0. The summed E-state index contributed by atoms with van der Waals surface area (Å²) in [7, 11) is -3.86. The van der Waals surface area contributed by atoms with Crippen LogP contribution in [-0.4, -0.2) is 20.0 Å². The molecule has 1 heterocycles. The van der Waals surface area contributed by atoms with Crippen molar-refractivity contribution in [1.29, 1.82) is 5.26 Å². The Bertz CT molecular complexity index is 1190. The highest BCUT2D eigenvalue weighted by Crippen LogP contribution is 2.33. The summed E-state index contributed by atoms with van der Waals surface area (Å²) in [4.78, 5) is 4.70. The lowest BCUT2D eigenvalue weighted by Crippen LogP contribution is -2.15. The van der Waals surface area contributed by atoms with Gasteiger partial charge in [-0.25, -0.2) is 13.4 Å². The molecule has 0 radical (unpaired) electrons. The first-order valence-corrected chi connectivity index (χ1v) is 11.7. The van der Waals surface area contributed by atoms with E-state index in [1.165, 1.54) is 18.2 Å². The van der Waals surface area contributed by atoms with Gasteiger partial charge in [0.15, 0.2) is 0 Å². The number of pyridine rings is 1. The third-order valence-corrected chi connectivity index (χ3v) is 6.13. The van der Waals surface area contributed by atoms with Crippen LogP contribution in [0.15, 0.2) is 65.6 Å². The molecule has 160 valence electrons. The molecule has 6 nitrogen and oxygen atoms in total. The SMILES string of the molecule is CCCCOc1nc(-c2cccc(CC)c2)c(NS(=O)(=O)c2ccccc2)cc1C#N. The first kappa shape index (κ1) is 22.3. The Hall–Kier alpha value is -3.37. The van der Waals surface area contributed by atoms with Crippen LogP contribution in [0.2, 0.25) is 0 Å². The molecule has 0 saturated heterocycles. The maximum Gasteiger partial charge on any atom is 0.261 e. The van der Waals surface area contributed by atoms with Crippen molar-refractivity contribution in [2.75, 3.05) is 11.3 Å². The molecule has 2 aromatic carbocycles. The van der Waals surface area contributed by atoms with Gasteiger partial charge < -0.3 is 4.74 Å². The number of anilines is 1. The summed E-state index contributed by atoms with van der Waals surface area (Å²) in [5, 5.41) is 9.61. The fraction of sp³-hybridized carbons (Fsp3) is 0.250. The summed E-state index contributed by atoms with van der Waals surface area (Å²) in [5.41, 5.74) is 2.66. The molecule has 0 atom stereocenters. The molecule has 0 aliphatic carbocycles. The van der Waals surface area contributed by atoms with E-state index in [0.717, 1.165) is 30.4 Å². The molecule has 0 spiro atoms. The van der Waals surface area contributed by atoms with E-state index in [9.17, 15) is 13.7 Å². The lowest BCUT2D eigenvalue weighted by Gasteiger charge is -2.16. The maximum atomic E-state index is 13.0. The van der Waals surface area contributed by atoms with Gasteiger partial charge in [0.2, 0.25) is 5.88 Å². The van der Waals surface area contributed by atoms with E-state index in [2.05, 4.69) is 15.8 Å². The zero-order valence-corrected chi connectivity index (χ0v) is 18.4. The third-order valence-electron chi connectivity index (χ3n) is 4.75. The minimum Gasteiger partial charge on any atom is -0.477 e. The second-order valence-corrected chi connectivity index (χ2v) is 8.71. The van der Waals surface area contributed by atoms with Gasteiger partial charge in [0.05, 0.1) is 22.9 Å². The Balaban J connectivity index is 2.12. The molecule has 1 N–H and O–H groups in total. The van der Waals surface area contributed by atoms with Crippen molar-refractivity contribution < 1.29 is 13.2 Å². The van der Waals surface area contributed by atoms with Gasteiger partial charge in [0.25, 0.3) is 10.0 Å². The maximum absolute atomic E-state index is 13.0. The molecule has 0 saturated carbocycles. The van der Waals surface area contributed by atoms with Crippen LogP contribution in [0.25, 0.3) is 11.3 Å². The predicted octanol–water partition coefficient (Wildman–Crippen LogP) is 5.16. The summed E-state index contributed by atoms with van der Waals surface area (Å²) in [6.07, 6.45) is 2.60. The highest BCUT2D eigenvalue weighted by atomic mass is 32.2. The molecular formula is C24H25N3O3S. The number of rotatable bonds is 9. The summed E-state index contributed by atoms with van der Waals surface area (Å²) < 4.78 is 34.3. The van der Waals surface area contributed by atoms with Gasteiger partial charge in [-0.05, 0) is 42.7 Å². The number of hydrogen-bond donors (Lipinski definition) is 1. The van der Waals surface area contributed by atoms with Crippen molar-refractivity contribution in [2.24, 2.45) is 0 Å². The van der Waals surface area contributed by atoms with Crippen molar-refractivity contribution in [3.63, 3.8) is 0 Å².